The highest BCUT2D eigenvalue weighted by atomic mass is 19.1. The average molecular weight is 382 g/mol. The number of hydrogen-bond donors (Lipinski definition) is 1. The van der Waals surface area contributed by atoms with Crippen LogP contribution < -0.4 is 15.1 Å². The van der Waals surface area contributed by atoms with Crippen molar-refractivity contribution in [2.24, 2.45) is 0 Å². The Labute approximate surface area is 163 Å². The number of rotatable bonds is 3. The zero-order valence-electron chi connectivity index (χ0n) is 15.6. The van der Waals surface area contributed by atoms with Gasteiger partial charge in [0.1, 0.15) is 5.82 Å². The van der Waals surface area contributed by atoms with Gasteiger partial charge in [-0.05, 0) is 30.3 Å². The van der Waals surface area contributed by atoms with Crippen molar-refractivity contribution < 1.29 is 14.0 Å². The van der Waals surface area contributed by atoms with Crippen molar-refractivity contribution in [3.05, 3.63) is 60.4 Å². The minimum absolute atomic E-state index is 0.107. The molecule has 1 N–H and O–H groups in total. The van der Waals surface area contributed by atoms with Gasteiger partial charge in [-0.15, -0.1) is 0 Å². The van der Waals surface area contributed by atoms with Crippen LogP contribution in [0.5, 0.6) is 0 Å². The van der Waals surface area contributed by atoms with Gasteiger partial charge in [-0.2, -0.15) is 0 Å². The maximum Gasteiger partial charge on any atom is 0.317 e. The van der Waals surface area contributed by atoms with Crippen LogP contribution in [0.1, 0.15) is 6.42 Å². The fraction of sp³-hybridized carbons (Fsp3) is 0.333. The molecule has 146 valence electrons. The minimum atomic E-state index is -0.380. The van der Waals surface area contributed by atoms with Crippen LogP contribution in [-0.2, 0) is 4.79 Å². The van der Waals surface area contributed by atoms with Crippen molar-refractivity contribution in [3.63, 3.8) is 0 Å². The number of benzene rings is 2. The van der Waals surface area contributed by atoms with E-state index in [1.165, 1.54) is 17.0 Å². The highest BCUT2D eigenvalue weighted by Gasteiger charge is 2.33. The molecule has 2 saturated heterocycles. The van der Waals surface area contributed by atoms with Gasteiger partial charge >= 0.3 is 6.03 Å². The number of nitrogens with one attached hydrogen (secondary N) is 1. The number of halogens is 1. The Bertz CT molecular complexity index is 852. The first kappa shape index (κ1) is 18.3. The second kappa shape index (κ2) is 7.88. The number of carbonyl (C=O) groups excluding carboxylic acids is 2. The summed E-state index contributed by atoms with van der Waals surface area (Å²) in [5.74, 6) is -0.487. The predicted octanol–water partition coefficient (Wildman–Crippen LogP) is 2.46. The molecule has 2 aromatic rings. The van der Waals surface area contributed by atoms with E-state index < -0.39 is 0 Å². The molecule has 0 spiro atoms. The van der Waals surface area contributed by atoms with Crippen LogP contribution in [0.4, 0.5) is 20.6 Å². The first-order valence-electron chi connectivity index (χ1n) is 9.51. The van der Waals surface area contributed by atoms with Gasteiger partial charge in [0.2, 0.25) is 5.91 Å². The second-order valence-corrected chi connectivity index (χ2v) is 7.14. The Morgan fingerprint density at radius 3 is 2.39 bits per heavy atom. The summed E-state index contributed by atoms with van der Waals surface area (Å²) in [6.45, 7) is 3.18. The van der Waals surface area contributed by atoms with E-state index in [1.807, 2.05) is 18.2 Å². The van der Waals surface area contributed by atoms with Crippen LogP contribution >= 0.6 is 0 Å². The Hall–Kier alpha value is -3.09. The number of amides is 3. The summed E-state index contributed by atoms with van der Waals surface area (Å²) in [6, 6.07) is 15.7. The van der Waals surface area contributed by atoms with Gasteiger partial charge in [0.25, 0.3) is 0 Å². The molecule has 28 heavy (non-hydrogen) atoms. The number of piperazine rings is 1. The summed E-state index contributed by atoms with van der Waals surface area (Å²) in [4.78, 5) is 30.5. The molecule has 0 bridgehead atoms. The van der Waals surface area contributed by atoms with Gasteiger partial charge in [0, 0.05) is 50.5 Å². The van der Waals surface area contributed by atoms with Gasteiger partial charge in [0.15, 0.2) is 0 Å². The van der Waals surface area contributed by atoms with Crippen LogP contribution in [0.25, 0.3) is 0 Å². The van der Waals surface area contributed by atoms with E-state index in [0.29, 0.717) is 25.3 Å². The summed E-state index contributed by atoms with van der Waals surface area (Å²) in [5, 5.41) is 2.96. The first-order valence-corrected chi connectivity index (χ1v) is 9.51. The monoisotopic (exact) mass is 382 g/mol. The summed E-state index contributed by atoms with van der Waals surface area (Å²) >= 11 is 0. The number of carbonyl (C=O) groups is 2. The number of nitrogens with zero attached hydrogens (tertiary/aromatic N) is 3. The quantitative estimate of drug-likeness (QED) is 0.887. The predicted molar refractivity (Wildman–Crippen MR) is 106 cm³/mol. The Kier molecular flexibility index (Phi) is 5.14. The molecule has 2 aromatic carbocycles. The molecule has 4 rings (SSSR count). The van der Waals surface area contributed by atoms with Crippen molar-refractivity contribution in [2.75, 3.05) is 42.5 Å². The van der Waals surface area contributed by atoms with Crippen LogP contribution in [0.2, 0.25) is 0 Å². The zero-order valence-corrected chi connectivity index (χ0v) is 15.6. The lowest BCUT2D eigenvalue weighted by atomic mass is 10.2. The largest absolute Gasteiger partial charge is 0.368 e. The highest BCUT2D eigenvalue weighted by molar-refractivity contribution is 5.96. The van der Waals surface area contributed by atoms with Crippen molar-refractivity contribution in [1.29, 1.82) is 0 Å². The number of para-hydroxylation sites is 1. The lowest BCUT2D eigenvalue weighted by Crippen LogP contribution is -2.53. The van der Waals surface area contributed by atoms with Crippen molar-refractivity contribution in [2.45, 2.75) is 12.5 Å². The second-order valence-electron chi connectivity index (χ2n) is 7.14. The summed E-state index contributed by atoms with van der Waals surface area (Å²) in [6.07, 6.45) is 0.228. The van der Waals surface area contributed by atoms with E-state index in [4.69, 9.17) is 0 Å². The molecule has 1 unspecified atom stereocenters. The van der Waals surface area contributed by atoms with Crippen LogP contribution in [0.3, 0.4) is 0 Å². The van der Waals surface area contributed by atoms with E-state index in [-0.39, 0.29) is 30.2 Å². The fourth-order valence-electron chi connectivity index (χ4n) is 3.77. The van der Waals surface area contributed by atoms with E-state index >= 15 is 0 Å². The lowest BCUT2D eigenvalue weighted by molar-refractivity contribution is -0.117. The Balaban J connectivity index is 1.30. The van der Waals surface area contributed by atoms with Crippen molar-refractivity contribution >= 4 is 23.3 Å². The average Bonchev–Trinajstić information content (AvgIpc) is 3.09. The van der Waals surface area contributed by atoms with Gasteiger partial charge in [-0.25, -0.2) is 9.18 Å². The van der Waals surface area contributed by atoms with Crippen molar-refractivity contribution in [1.82, 2.24) is 10.2 Å². The standard InChI is InChI=1S/C21H23FN4O2/c22-16-5-4-8-19(13-16)26-15-17(14-20(26)27)23-21(28)25-11-9-24(10-12-25)18-6-2-1-3-7-18/h1-8,13,17H,9-12,14-15H2,(H,23,28). The smallest absolute Gasteiger partial charge is 0.317 e. The normalized spacial score (nSPS) is 19.8. The van der Waals surface area contributed by atoms with Crippen LogP contribution in [0.15, 0.2) is 54.6 Å². The maximum atomic E-state index is 13.4. The molecular weight excluding hydrogens is 359 g/mol. The molecule has 2 aliphatic rings. The zero-order chi connectivity index (χ0) is 19.5. The van der Waals surface area contributed by atoms with Crippen molar-refractivity contribution in [3.8, 4) is 0 Å². The Morgan fingerprint density at radius 2 is 1.68 bits per heavy atom. The van der Waals surface area contributed by atoms with Gasteiger partial charge in [-0.3, -0.25) is 4.79 Å². The van der Waals surface area contributed by atoms with Gasteiger partial charge < -0.3 is 20.0 Å². The van der Waals surface area contributed by atoms with E-state index in [0.717, 1.165) is 18.8 Å². The minimum Gasteiger partial charge on any atom is -0.368 e. The molecule has 1 atom stereocenters. The summed E-state index contributed by atoms with van der Waals surface area (Å²) in [7, 11) is 0. The lowest BCUT2D eigenvalue weighted by Gasteiger charge is -2.36. The fourth-order valence-corrected chi connectivity index (χ4v) is 3.77. The molecule has 6 nitrogen and oxygen atoms in total. The molecule has 0 saturated carbocycles. The van der Waals surface area contributed by atoms with Crippen LogP contribution in [0, 0.1) is 5.82 Å². The summed E-state index contributed by atoms with van der Waals surface area (Å²) < 4.78 is 13.4. The molecule has 2 fully saturated rings. The topological polar surface area (TPSA) is 55.9 Å². The first-order chi connectivity index (χ1) is 13.6. The molecule has 0 aromatic heterocycles. The molecule has 2 aliphatic heterocycles. The molecular formula is C21H23FN4O2. The number of anilines is 2. The van der Waals surface area contributed by atoms with E-state index in [9.17, 15) is 14.0 Å². The van der Waals surface area contributed by atoms with Crippen LogP contribution in [-0.4, -0.2) is 55.6 Å². The maximum absolute atomic E-state index is 13.4. The molecule has 2 heterocycles. The van der Waals surface area contributed by atoms with E-state index in [2.05, 4.69) is 22.3 Å². The van der Waals surface area contributed by atoms with Gasteiger partial charge in [0.05, 0.1) is 6.04 Å². The third kappa shape index (κ3) is 3.93. The third-order valence-electron chi connectivity index (χ3n) is 5.26. The SMILES string of the molecule is O=C(NC1CC(=O)N(c2cccc(F)c2)C1)N1CCN(c2ccccc2)CC1. The summed E-state index contributed by atoms with van der Waals surface area (Å²) in [5.41, 5.74) is 1.69. The Morgan fingerprint density at radius 1 is 0.964 bits per heavy atom. The number of hydrogen-bond acceptors (Lipinski definition) is 3. The number of urea groups is 1. The molecule has 0 aliphatic carbocycles. The molecule has 7 heteroatoms. The molecule has 3 amide bonds. The van der Waals surface area contributed by atoms with Gasteiger partial charge in [-0.1, -0.05) is 24.3 Å². The molecule has 0 radical (unpaired) electrons. The highest BCUT2D eigenvalue weighted by Crippen LogP contribution is 2.22. The van der Waals surface area contributed by atoms with E-state index in [1.54, 1.807) is 17.0 Å². The third-order valence-corrected chi connectivity index (χ3v) is 5.26.